The number of carbonyl (C=O) groups is 2. The fourth-order valence-electron chi connectivity index (χ4n) is 2.72. The number of hydrogen-bond donors (Lipinski definition) is 2. The molecule has 156 valence electrons. The second kappa shape index (κ2) is 13.8. The van der Waals surface area contributed by atoms with Crippen molar-refractivity contribution in [3.05, 3.63) is 48.0 Å². The molecule has 1 rings (SSSR count). The molecular weight excluding hydrogens is 356 g/mol. The summed E-state index contributed by atoms with van der Waals surface area (Å²) < 4.78 is 9.89. The molecule has 2 unspecified atom stereocenters. The van der Waals surface area contributed by atoms with E-state index in [2.05, 4.69) is 48.4 Å². The summed E-state index contributed by atoms with van der Waals surface area (Å²) in [7, 11) is 0. The lowest BCUT2D eigenvalue weighted by Crippen LogP contribution is -2.45. The molecule has 0 aliphatic heterocycles. The Labute approximate surface area is 168 Å². The molecule has 0 saturated carbocycles. The minimum absolute atomic E-state index is 0.00467. The molecule has 6 nitrogen and oxygen atoms in total. The fourth-order valence-corrected chi connectivity index (χ4v) is 2.72. The van der Waals surface area contributed by atoms with Crippen molar-refractivity contribution in [1.29, 1.82) is 0 Å². The van der Waals surface area contributed by atoms with E-state index in [9.17, 15) is 9.59 Å². The molecule has 28 heavy (non-hydrogen) atoms. The molecule has 0 fully saturated rings. The maximum atomic E-state index is 11.8. The standard InChI is InChI=1S/C22H34N2O4/c1-5-6-10-20(15-19-11-8-7-9-12-19)16-23-18(4)24-22(26)28-14-13-27-21(25)17(2)3/h7-9,11-12,18,20,23H,2,5-6,10,13-16H2,1,3-4H3,(H,24,26). The van der Waals surface area contributed by atoms with Gasteiger partial charge in [0.2, 0.25) is 0 Å². The number of nitrogens with one attached hydrogen (secondary N) is 2. The third-order valence-corrected chi connectivity index (χ3v) is 4.28. The molecule has 0 aliphatic rings. The van der Waals surface area contributed by atoms with E-state index >= 15 is 0 Å². The van der Waals surface area contributed by atoms with Gasteiger partial charge in [0, 0.05) is 12.1 Å². The van der Waals surface area contributed by atoms with Gasteiger partial charge >= 0.3 is 12.1 Å². The number of ether oxygens (including phenoxy) is 2. The lowest BCUT2D eigenvalue weighted by Gasteiger charge is -2.21. The SMILES string of the molecule is C=C(C)C(=O)OCCOC(=O)NC(C)NCC(CCCC)Cc1ccccc1. The highest BCUT2D eigenvalue weighted by Crippen LogP contribution is 2.15. The van der Waals surface area contributed by atoms with Crippen molar-refractivity contribution < 1.29 is 19.1 Å². The Kier molecular flexibility index (Phi) is 11.7. The monoisotopic (exact) mass is 390 g/mol. The Morgan fingerprint density at radius 1 is 1.14 bits per heavy atom. The van der Waals surface area contributed by atoms with Crippen LogP contribution in [0.4, 0.5) is 4.79 Å². The van der Waals surface area contributed by atoms with E-state index in [4.69, 9.17) is 9.47 Å². The fraction of sp³-hybridized carbons (Fsp3) is 0.545. The number of benzene rings is 1. The summed E-state index contributed by atoms with van der Waals surface area (Å²) in [6.45, 7) is 9.95. The average Bonchev–Trinajstić information content (AvgIpc) is 2.67. The van der Waals surface area contributed by atoms with Crippen LogP contribution in [-0.4, -0.2) is 38.0 Å². The summed E-state index contributed by atoms with van der Waals surface area (Å²) in [5.74, 6) is 0.0137. The predicted molar refractivity (Wildman–Crippen MR) is 111 cm³/mol. The normalized spacial score (nSPS) is 12.7. The Hall–Kier alpha value is -2.34. The topological polar surface area (TPSA) is 76.7 Å². The zero-order chi connectivity index (χ0) is 20.8. The molecule has 1 aromatic carbocycles. The van der Waals surface area contributed by atoms with E-state index in [0.29, 0.717) is 11.5 Å². The first kappa shape index (κ1) is 23.7. The Morgan fingerprint density at radius 2 is 1.82 bits per heavy atom. The summed E-state index contributed by atoms with van der Waals surface area (Å²) in [5, 5.41) is 6.09. The van der Waals surface area contributed by atoms with Crippen LogP contribution in [0.3, 0.4) is 0 Å². The maximum absolute atomic E-state index is 11.8. The van der Waals surface area contributed by atoms with Crippen LogP contribution in [0.2, 0.25) is 0 Å². The van der Waals surface area contributed by atoms with Gasteiger partial charge in [-0.1, -0.05) is 56.7 Å². The molecule has 2 atom stereocenters. The summed E-state index contributed by atoms with van der Waals surface area (Å²) in [4.78, 5) is 23.0. The summed E-state index contributed by atoms with van der Waals surface area (Å²) >= 11 is 0. The average molecular weight is 391 g/mol. The summed E-state index contributed by atoms with van der Waals surface area (Å²) in [5.41, 5.74) is 1.64. The van der Waals surface area contributed by atoms with Gasteiger partial charge in [-0.25, -0.2) is 9.59 Å². The van der Waals surface area contributed by atoms with Crippen LogP contribution in [0.15, 0.2) is 42.5 Å². The minimum Gasteiger partial charge on any atom is -0.459 e. The highest BCUT2D eigenvalue weighted by molar-refractivity contribution is 5.86. The van der Waals surface area contributed by atoms with Gasteiger partial charge < -0.3 is 14.8 Å². The molecule has 0 saturated heterocycles. The van der Waals surface area contributed by atoms with E-state index < -0.39 is 12.1 Å². The molecule has 0 heterocycles. The molecule has 0 aliphatic carbocycles. The molecule has 1 aromatic rings. The number of unbranched alkanes of at least 4 members (excludes halogenated alkanes) is 1. The van der Waals surface area contributed by atoms with Gasteiger partial charge in [0.05, 0.1) is 6.17 Å². The highest BCUT2D eigenvalue weighted by Gasteiger charge is 2.13. The van der Waals surface area contributed by atoms with Crippen molar-refractivity contribution in [3.63, 3.8) is 0 Å². The van der Waals surface area contributed by atoms with E-state index in [1.54, 1.807) is 6.92 Å². The van der Waals surface area contributed by atoms with Gasteiger partial charge in [-0.15, -0.1) is 0 Å². The lowest BCUT2D eigenvalue weighted by molar-refractivity contribution is -0.139. The van der Waals surface area contributed by atoms with Crippen molar-refractivity contribution in [1.82, 2.24) is 10.6 Å². The Morgan fingerprint density at radius 3 is 2.46 bits per heavy atom. The van der Waals surface area contributed by atoms with E-state index in [1.165, 1.54) is 18.4 Å². The smallest absolute Gasteiger partial charge is 0.408 e. The molecule has 0 bridgehead atoms. The van der Waals surface area contributed by atoms with Crippen molar-refractivity contribution in [2.45, 2.75) is 52.6 Å². The first-order chi connectivity index (χ1) is 13.4. The van der Waals surface area contributed by atoms with E-state index in [0.717, 1.165) is 19.4 Å². The van der Waals surface area contributed by atoms with E-state index in [-0.39, 0.29) is 19.4 Å². The molecule has 0 radical (unpaired) electrons. The van der Waals surface area contributed by atoms with Crippen molar-refractivity contribution in [2.75, 3.05) is 19.8 Å². The molecular formula is C22H34N2O4. The van der Waals surface area contributed by atoms with Crippen LogP contribution in [0.25, 0.3) is 0 Å². The molecule has 2 N–H and O–H groups in total. The van der Waals surface area contributed by atoms with Gasteiger partial charge in [0.1, 0.15) is 13.2 Å². The van der Waals surface area contributed by atoms with Crippen LogP contribution in [0.1, 0.15) is 45.6 Å². The van der Waals surface area contributed by atoms with Crippen LogP contribution in [0.5, 0.6) is 0 Å². The molecule has 1 amide bonds. The van der Waals surface area contributed by atoms with Crippen LogP contribution in [0, 0.1) is 5.92 Å². The van der Waals surface area contributed by atoms with Gasteiger partial charge in [0.25, 0.3) is 0 Å². The van der Waals surface area contributed by atoms with Crippen LogP contribution < -0.4 is 10.6 Å². The quantitative estimate of drug-likeness (QED) is 0.232. The third-order valence-electron chi connectivity index (χ3n) is 4.28. The Bertz CT molecular complexity index is 604. The number of rotatable bonds is 13. The number of hydrogen-bond acceptors (Lipinski definition) is 5. The first-order valence-corrected chi connectivity index (χ1v) is 9.95. The third kappa shape index (κ3) is 10.7. The van der Waals surface area contributed by atoms with Crippen molar-refractivity contribution in [3.8, 4) is 0 Å². The second-order valence-electron chi connectivity index (χ2n) is 7.02. The van der Waals surface area contributed by atoms with Crippen LogP contribution in [-0.2, 0) is 20.7 Å². The van der Waals surface area contributed by atoms with Crippen LogP contribution >= 0.6 is 0 Å². The largest absolute Gasteiger partial charge is 0.459 e. The van der Waals surface area contributed by atoms with E-state index in [1.807, 2.05) is 13.0 Å². The lowest BCUT2D eigenvalue weighted by atomic mass is 9.94. The zero-order valence-electron chi connectivity index (χ0n) is 17.3. The summed E-state index contributed by atoms with van der Waals surface area (Å²) in [6, 6.07) is 10.5. The molecule has 6 heteroatoms. The number of amides is 1. The zero-order valence-corrected chi connectivity index (χ0v) is 17.3. The second-order valence-corrected chi connectivity index (χ2v) is 7.02. The summed E-state index contributed by atoms with van der Waals surface area (Å²) in [6.07, 6.45) is 3.75. The van der Waals surface area contributed by atoms with Crippen molar-refractivity contribution in [2.24, 2.45) is 5.92 Å². The highest BCUT2D eigenvalue weighted by atomic mass is 16.6. The first-order valence-electron chi connectivity index (χ1n) is 9.95. The molecule has 0 spiro atoms. The van der Waals surface area contributed by atoms with Gasteiger partial charge in [-0.3, -0.25) is 5.32 Å². The van der Waals surface area contributed by atoms with Gasteiger partial charge in [-0.05, 0) is 38.2 Å². The number of carbonyl (C=O) groups excluding carboxylic acids is 2. The Balaban J connectivity index is 2.30. The number of alkyl carbamates (subject to hydrolysis) is 1. The number of esters is 1. The predicted octanol–water partition coefficient (Wildman–Crippen LogP) is 3.82. The maximum Gasteiger partial charge on any atom is 0.408 e. The minimum atomic E-state index is -0.542. The van der Waals surface area contributed by atoms with Gasteiger partial charge in [-0.2, -0.15) is 0 Å². The van der Waals surface area contributed by atoms with Gasteiger partial charge in [0.15, 0.2) is 0 Å². The molecule has 0 aromatic heterocycles. The van der Waals surface area contributed by atoms with Crippen molar-refractivity contribution >= 4 is 12.1 Å².